The molecule has 0 aromatic heterocycles. The minimum Gasteiger partial charge on any atom is -0.465 e. The molecule has 1 rings (SSSR count). The van der Waals surface area contributed by atoms with Crippen LogP contribution in [-0.2, 0) is 14.3 Å². The molecule has 0 aromatic rings. The monoisotopic (exact) mass is 214 g/mol. The van der Waals surface area contributed by atoms with Gasteiger partial charge in [0.25, 0.3) is 0 Å². The zero-order chi connectivity index (χ0) is 11.6. The van der Waals surface area contributed by atoms with Crippen LogP contribution in [0.2, 0.25) is 0 Å². The predicted octanol–water partition coefficient (Wildman–Crippen LogP) is -1.20. The molecule has 5 nitrogen and oxygen atoms in total. The number of carbonyl (C=O) groups excluding carboxylic acids is 1. The molecule has 1 saturated heterocycles. The van der Waals surface area contributed by atoms with E-state index in [1.54, 1.807) is 6.92 Å². The molecular weight excluding hydrogens is 199 g/mol. The molecule has 84 valence electrons. The first-order valence-electron chi connectivity index (χ1n) is 4.85. The Balaban J connectivity index is 2.91. The Labute approximate surface area is 89.8 Å². The standard InChI is InChI=1S/C9H15BO5/c1-3-14-8(13)9(2)5(4-11)15-7(10)6(9)12/h5-7,11-12H,3-4H2,1-2H3/t5?,6?,7-,9+/m0/s1. The molecule has 1 aliphatic rings. The average molecular weight is 214 g/mol. The summed E-state index contributed by atoms with van der Waals surface area (Å²) >= 11 is 0. The predicted molar refractivity (Wildman–Crippen MR) is 52.2 cm³/mol. The van der Waals surface area contributed by atoms with E-state index < -0.39 is 29.6 Å². The van der Waals surface area contributed by atoms with E-state index in [0.29, 0.717) is 0 Å². The molecule has 1 fully saturated rings. The summed E-state index contributed by atoms with van der Waals surface area (Å²) in [5.41, 5.74) is -1.30. The van der Waals surface area contributed by atoms with Gasteiger partial charge in [-0.2, -0.15) is 0 Å². The highest BCUT2D eigenvalue weighted by Crippen LogP contribution is 2.38. The highest BCUT2D eigenvalue weighted by molar-refractivity contribution is 6.12. The van der Waals surface area contributed by atoms with E-state index in [9.17, 15) is 9.90 Å². The van der Waals surface area contributed by atoms with E-state index in [4.69, 9.17) is 22.4 Å². The fourth-order valence-electron chi connectivity index (χ4n) is 1.71. The van der Waals surface area contributed by atoms with Gasteiger partial charge in [0, 0.05) is 6.00 Å². The first-order valence-corrected chi connectivity index (χ1v) is 4.85. The highest BCUT2D eigenvalue weighted by atomic mass is 16.6. The number of hydrogen-bond acceptors (Lipinski definition) is 5. The maximum atomic E-state index is 11.7. The molecule has 0 saturated carbocycles. The smallest absolute Gasteiger partial charge is 0.317 e. The van der Waals surface area contributed by atoms with E-state index in [1.165, 1.54) is 6.92 Å². The van der Waals surface area contributed by atoms with E-state index in [1.807, 2.05) is 0 Å². The van der Waals surface area contributed by atoms with Crippen molar-refractivity contribution in [2.24, 2.45) is 5.41 Å². The molecule has 0 spiro atoms. The molecule has 15 heavy (non-hydrogen) atoms. The lowest BCUT2D eigenvalue weighted by Gasteiger charge is -2.29. The van der Waals surface area contributed by atoms with Crippen LogP contribution in [0.4, 0.5) is 0 Å². The normalized spacial score (nSPS) is 40.4. The zero-order valence-corrected chi connectivity index (χ0v) is 8.84. The van der Waals surface area contributed by atoms with Gasteiger partial charge in [0.1, 0.15) is 13.3 Å². The summed E-state index contributed by atoms with van der Waals surface area (Å²) < 4.78 is 9.92. The van der Waals surface area contributed by atoms with Gasteiger partial charge in [-0.15, -0.1) is 0 Å². The third-order valence-electron chi connectivity index (χ3n) is 2.80. The maximum absolute atomic E-state index is 11.7. The van der Waals surface area contributed by atoms with Gasteiger partial charge in [-0.3, -0.25) is 4.79 Å². The minimum absolute atomic E-state index is 0.203. The Kier molecular flexibility index (Phi) is 3.75. The van der Waals surface area contributed by atoms with Crippen LogP contribution in [0.25, 0.3) is 0 Å². The molecule has 2 radical (unpaired) electrons. The SMILES string of the molecule is [B][C@H]1OC(CO)[C@@](C)(C(=O)OCC)C1O. The summed E-state index contributed by atoms with van der Waals surface area (Å²) in [5, 5.41) is 18.8. The topological polar surface area (TPSA) is 76.0 Å². The van der Waals surface area contributed by atoms with Gasteiger partial charge in [-0.05, 0) is 13.8 Å². The Hall–Kier alpha value is -0.585. The Bertz CT molecular complexity index is 247. The van der Waals surface area contributed by atoms with Crippen molar-refractivity contribution in [3.8, 4) is 0 Å². The van der Waals surface area contributed by atoms with Crippen LogP contribution in [0.15, 0.2) is 0 Å². The number of hydrogen-bond donors (Lipinski definition) is 2. The van der Waals surface area contributed by atoms with Gasteiger partial charge in [-0.25, -0.2) is 0 Å². The number of esters is 1. The van der Waals surface area contributed by atoms with Crippen molar-refractivity contribution in [3.05, 3.63) is 0 Å². The first kappa shape index (κ1) is 12.5. The van der Waals surface area contributed by atoms with Crippen molar-refractivity contribution in [1.82, 2.24) is 0 Å². The van der Waals surface area contributed by atoms with Crippen molar-refractivity contribution in [2.75, 3.05) is 13.2 Å². The maximum Gasteiger partial charge on any atom is 0.317 e. The van der Waals surface area contributed by atoms with Gasteiger partial charge in [0.2, 0.25) is 0 Å². The summed E-state index contributed by atoms with van der Waals surface area (Å²) in [6.45, 7) is 2.95. The van der Waals surface area contributed by atoms with Gasteiger partial charge >= 0.3 is 5.97 Å². The minimum atomic E-state index is -1.30. The van der Waals surface area contributed by atoms with E-state index in [2.05, 4.69) is 0 Å². The Morgan fingerprint density at radius 3 is 2.73 bits per heavy atom. The van der Waals surface area contributed by atoms with Crippen LogP contribution in [0.3, 0.4) is 0 Å². The van der Waals surface area contributed by atoms with E-state index in [-0.39, 0.29) is 13.2 Å². The molecule has 2 unspecified atom stereocenters. The molecule has 2 N–H and O–H groups in total. The van der Waals surface area contributed by atoms with Crippen molar-refractivity contribution in [1.29, 1.82) is 0 Å². The fourth-order valence-corrected chi connectivity index (χ4v) is 1.71. The molecule has 1 aliphatic heterocycles. The number of ether oxygens (including phenoxy) is 2. The molecule has 1 heterocycles. The third-order valence-corrected chi connectivity index (χ3v) is 2.80. The average Bonchev–Trinajstić information content (AvgIpc) is 2.44. The second-order valence-corrected chi connectivity index (χ2v) is 3.72. The van der Waals surface area contributed by atoms with Crippen molar-refractivity contribution in [3.63, 3.8) is 0 Å². The highest BCUT2D eigenvalue weighted by Gasteiger charge is 2.56. The van der Waals surface area contributed by atoms with Crippen molar-refractivity contribution in [2.45, 2.75) is 32.1 Å². The molecule has 4 atom stereocenters. The van der Waals surface area contributed by atoms with Crippen LogP contribution in [0.5, 0.6) is 0 Å². The number of carbonyl (C=O) groups is 1. The van der Waals surface area contributed by atoms with Gasteiger partial charge in [0.15, 0.2) is 0 Å². The van der Waals surface area contributed by atoms with Crippen LogP contribution >= 0.6 is 0 Å². The largest absolute Gasteiger partial charge is 0.465 e. The van der Waals surface area contributed by atoms with Crippen LogP contribution in [0, 0.1) is 5.41 Å². The van der Waals surface area contributed by atoms with Crippen LogP contribution < -0.4 is 0 Å². The number of aliphatic hydroxyl groups is 2. The van der Waals surface area contributed by atoms with Crippen LogP contribution in [0.1, 0.15) is 13.8 Å². The van der Waals surface area contributed by atoms with Crippen LogP contribution in [-0.4, -0.2) is 55.5 Å². The second kappa shape index (κ2) is 4.51. The summed E-state index contributed by atoms with van der Waals surface area (Å²) in [6.07, 6.45) is -2.00. The molecular formula is C9H15BO5. The lowest BCUT2D eigenvalue weighted by atomic mass is 9.76. The molecule has 0 amide bonds. The molecule has 0 aromatic carbocycles. The van der Waals surface area contributed by atoms with Gasteiger partial charge < -0.3 is 19.7 Å². The summed E-state index contributed by atoms with van der Waals surface area (Å²) in [7, 11) is 5.46. The quantitative estimate of drug-likeness (QED) is 0.456. The van der Waals surface area contributed by atoms with E-state index in [0.717, 1.165) is 0 Å². The van der Waals surface area contributed by atoms with Crippen molar-refractivity contribution >= 4 is 13.8 Å². The number of rotatable bonds is 3. The third kappa shape index (κ3) is 1.89. The molecule has 0 aliphatic carbocycles. The Morgan fingerprint density at radius 1 is 1.67 bits per heavy atom. The lowest BCUT2D eigenvalue weighted by Crippen LogP contribution is -2.47. The van der Waals surface area contributed by atoms with Gasteiger partial charge in [-0.1, -0.05) is 0 Å². The first-order chi connectivity index (χ1) is 6.98. The molecule has 6 heteroatoms. The Morgan fingerprint density at radius 2 is 2.27 bits per heavy atom. The summed E-state index contributed by atoms with van der Waals surface area (Å²) in [6, 6.07) is -0.975. The van der Waals surface area contributed by atoms with Gasteiger partial charge in [0.05, 0.1) is 25.4 Å². The summed E-state index contributed by atoms with van der Waals surface area (Å²) in [5.74, 6) is -0.607. The fraction of sp³-hybridized carbons (Fsp3) is 0.889. The van der Waals surface area contributed by atoms with E-state index >= 15 is 0 Å². The second-order valence-electron chi connectivity index (χ2n) is 3.72. The number of aliphatic hydroxyl groups excluding tert-OH is 2. The van der Waals surface area contributed by atoms with Crippen molar-refractivity contribution < 1.29 is 24.5 Å². The summed E-state index contributed by atoms with van der Waals surface area (Å²) in [4.78, 5) is 11.7. The zero-order valence-electron chi connectivity index (χ0n) is 8.84. The molecule has 0 bridgehead atoms. The lowest BCUT2D eigenvalue weighted by molar-refractivity contribution is -0.163.